The summed E-state index contributed by atoms with van der Waals surface area (Å²) in [4.78, 5) is 0. The number of ether oxygens (including phenoxy) is 1. The fourth-order valence-electron chi connectivity index (χ4n) is 1.38. The molecule has 1 rings (SSSR count). The first kappa shape index (κ1) is 13.5. The second kappa shape index (κ2) is 7.69. The van der Waals surface area contributed by atoms with Crippen molar-refractivity contribution in [1.29, 1.82) is 0 Å². The summed E-state index contributed by atoms with van der Waals surface area (Å²) in [5, 5.41) is 3.36. The van der Waals surface area contributed by atoms with E-state index in [2.05, 4.69) is 53.3 Å². The largest absolute Gasteiger partial charge is 0.382 e. The highest BCUT2D eigenvalue weighted by Crippen LogP contribution is 2.22. The van der Waals surface area contributed by atoms with Crippen molar-refractivity contribution in [2.45, 2.75) is 26.7 Å². The van der Waals surface area contributed by atoms with E-state index in [9.17, 15) is 0 Å². The lowest BCUT2D eigenvalue weighted by atomic mass is 10.2. The molecule has 0 aliphatic heterocycles. The topological polar surface area (TPSA) is 21.3 Å². The SMILES string of the molecule is CCCCOCCNc1cc(C)ccc1Br. The third-order valence-corrected chi connectivity index (χ3v) is 3.02. The van der Waals surface area contributed by atoms with Crippen LogP contribution in [0.2, 0.25) is 0 Å². The van der Waals surface area contributed by atoms with Gasteiger partial charge in [-0.15, -0.1) is 0 Å². The molecule has 0 radical (unpaired) electrons. The maximum Gasteiger partial charge on any atom is 0.0639 e. The zero-order valence-corrected chi connectivity index (χ0v) is 11.6. The number of aryl methyl sites for hydroxylation is 1. The standard InChI is InChI=1S/C13H20BrNO/c1-3-4-8-16-9-7-15-13-10-11(2)5-6-12(13)14/h5-6,10,15H,3-4,7-9H2,1-2H3. The predicted octanol–water partition coefficient (Wildman–Crippen LogP) is 3.99. The van der Waals surface area contributed by atoms with Crippen LogP contribution >= 0.6 is 15.9 Å². The summed E-state index contributed by atoms with van der Waals surface area (Å²) in [6.45, 7) is 6.75. The zero-order chi connectivity index (χ0) is 11.8. The molecule has 3 heteroatoms. The number of unbranched alkanes of at least 4 members (excludes halogenated alkanes) is 1. The first-order chi connectivity index (χ1) is 7.74. The molecule has 0 unspecified atom stereocenters. The molecule has 0 heterocycles. The van der Waals surface area contributed by atoms with Gasteiger partial charge in [0.1, 0.15) is 0 Å². The predicted molar refractivity (Wildman–Crippen MR) is 73.1 cm³/mol. The highest BCUT2D eigenvalue weighted by atomic mass is 79.9. The van der Waals surface area contributed by atoms with Gasteiger partial charge in [0, 0.05) is 23.3 Å². The highest BCUT2D eigenvalue weighted by molar-refractivity contribution is 9.10. The van der Waals surface area contributed by atoms with E-state index >= 15 is 0 Å². The number of rotatable bonds is 7. The van der Waals surface area contributed by atoms with Gasteiger partial charge >= 0.3 is 0 Å². The van der Waals surface area contributed by atoms with Gasteiger partial charge in [-0.2, -0.15) is 0 Å². The maximum absolute atomic E-state index is 5.49. The summed E-state index contributed by atoms with van der Waals surface area (Å²) >= 11 is 3.52. The molecule has 0 fully saturated rings. The van der Waals surface area contributed by atoms with Crippen LogP contribution in [0.1, 0.15) is 25.3 Å². The van der Waals surface area contributed by atoms with Gasteiger partial charge in [0.25, 0.3) is 0 Å². The molecule has 0 aliphatic carbocycles. The van der Waals surface area contributed by atoms with E-state index in [1.807, 2.05) is 0 Å². The van der Waals surface area contributed by atoms with Gasteiger partial charge in [0.2, 0.25) is 0 Å². The van der Waals surface area contributed by atoms with Crippen LogP contribution in [0.15, 0.2) is 22.7 Å². The highest BCUT2D eigenvalue weighted by Gasteiger charge is 1.98. The average molecular weight is 286 g/mol. The van der Waals surface area contributed by atoms with Gasteiger partial charge in [0.15, 0.2) is 0 Å². The molecule has 2 nitrogen and oxygen atoms in total. The van der Waals surface area contributed by atoms with Crippen molar-refractivity contribution in [3.8, 4) is 0 Å². The third kappa shape index (κ3) is 4.99. The molecule has 0 saturated heterocycles. The Labute approximate surface area is 107 Å². The van der Waals surface area contributed by atoms with Crippen molar-refractivity contribution in [2.75, 3.05) is 25.1 Å². The molecule has 0 aliphatic rings. The number of nitrogens with one attached hydrogen (secondary N) is 1. The molecule has 1 aromatic carbocycles. The van der Waals surface area contributed by atoms with Crippen LogP contribution in [-0.4, -0.2) is 19.8 Å². The fraction of sp³-hybridized carbons (Fsp3) is 0.538. The first-order valence-corrected chi connectivity index (χ1v) is 6.61. The van der Waals surface area contributed by atoms with Crippen LogP contribution in [-0.2, 0) is 4.74 Å². The minimum Gasteiger partial charge on any atom is -0.382 e. The van der Waals surface area contributed by atoms with Gasteiger partial charge < -0.3 is 10.1 Å². The second-order valence-electron chi connectivity index (χ2n) is 3.88. The van der Waals surface area contributed by atoms with Gasteiger partial charge in [0.05, 0.1) is 6.61 Å². The van der Waals surface area contributed by atoms with E-state index in [4.69, 9.17) is 4.74 Å². The van der Waals surface area contributed by atoms with E-state index in [1.54, 1.807) is 0 Å². The molecule has 0 spiro atoms. The molecule has 0 bridgehead atoms. The number of anilines is 1. The monoisotopic (exact) mass is 285 g/mol. The lowest BCUT2D eigenvalue weighted by molar-refractivity contribution is 0.141. The third-order valence-electron chi connectivity index (χ3n) is 2.33. The summed E-state index contributed by atoms with van der Waals surface area (Å²) in [6.07, 6.45) is 2.34. The Morgan fingerprint density at radius 2 is 2.12 bits per heavy atom. The van der Waals surface area contributed by atoms with Gasteiger partial charge in [-0.05, 0) is 47.0 Å². The molecule has 0 aromatic heterocycles. The lowest BCUT2D eigenvalue weighted by Gasteiger charge is -2.09. The van der Waals surface area contributed by atoms with Crippen molar-refractivity contribution in [1.82, 2.24) is 0 Å². The molecule has 0 amide bonds. The van der Waals surface area contributed by atoms with Gasteiger partial charge in [-0.1, -0.05) is 19.4 Å². The zero-order valence-electron chi connectivity index (χ0n) is 10.1. The molecule has 1 aromatic rings. The van der Waals surface area contributed by atoms with Crippen LogP contribution in [0.5, 0.6) is 0 Å². The number of halogens is 1. The van der Waals surface area contributed by atoms with Crippen LogP contribution in [0.3, 0.4) is 0 Å². The molecule has 16 heavy (non-hydrogen) atoms. The van der Waals surface area contributed by atoms with E-state index in [-0.39, 0.29) is 0 Å². The van der Waals surface area contributed by atoms with Crippen molar-refractivity contribution < 1.29 is 4.74 Å². The van der Waals surface area contributed by atoms with E-state index in [1.165, 1.54) is 12.0 Å². The summed E-state index contributed by atoms with van der Waals surface area (Å²) in [6, 6.07) is 6.29. The Morgan fingerprint density at radius 3 is 2.88 bits per heavy atom. The Hall–Kier alpha value is -0.540. The second-order valence-corrected chi connectivity index (χ2v) is 4.73. The molecule has 0 saturated carbocycles. The first-order valence-electron chi connectivity index (χ1n) is 5.82. The molecular formula is C13H20BrNO. The average Bonchev–Trinajstić information content (AvgIpc) is 2.28. The van der Waals surface area contributed by atoms with Gasteiger partial charge in [-0.25, -0.2) is 0 Å². The van der Waals surface area contributed by atoms with Crippen LogP contribution in [0, 0.1) is 6.92 Å². The van der Waals surface area contributed by atoms with Crippen LogP contribution < -0.4 is 5.32 Å². The molecule has 1 N–H and O–H groups in total. The molecular weight excluding hydrogens is 266 g/mol. The van der Waals surface area contributed by atoms with Crippen molar-refractivity contribution in [3.63, 3.8) is 0 Å². The van der Waals surface area contributed by atoms with Crippen molar-refractivity contribution >= 4 is 21.6 Å². The maximum atomic E-state index is 5.49. The fourth-order valence-corrected chi connectivity index (χ4v) is 1.77. The number of benzene rings is 1. The van der Waals surface area contributed by atoms with Crippen LogP contribution in [0.25, 0.3) is 0 Å². The Kier molecular flexibility index (Phi) is 6.50. The Morgan fingerprint density at radius 1 is 1.31 bits per heavy atom. The van der Waals surface area contributed by atoms with Gasteiger partial charge in [-0.3, -0.25) is 0 Å². The van der Waals surface area contributed by atoms with E-state index in [0.29, 0.717) is 0 Å². The normalized spacial score (nSPS) is 10.4. The number of hydrogen-bond acceptors (Lipinski definition) is 2. The smallest absolute Gasteiger partial charge is 0.0639 e. The van der Waals surface area contributed by atoms with E-state index in [0.717, 1.165) is 36.3 Å². The van der Waals surface area contributed by atoms with Crippen molar-refractivity contribution in [2.24, 2.45) is 0 Å². The number of hydrogen-bond donors (Lipinski definition) is 1. The summed E-state index contributed by atoms with van der Waals surface area (Å²) in [7, 11) is 0. The summed E-state index contributed by atoms with van der Waals surface area (Å²) < 4.78 is 6.59. The molecule has 90 valence electrons. The minimum atomic E-state index is 0.764. The summed E-state index contributed by atoms with van der Waals surface area (Å²) in [5.74, 6) is 0. The molecule has 0 atom stereocenters. The Bertz CT molecular complexity index is 315. The van der Waals surface area contributed by atoms with E-state index < -0.39 is 0 Å². The quantitative estimate of drug-likeness (QED) is 0.765. The summed E-state index contributed by atoms with van der Waals surface area (Å²) in [5.41, 5.74) is 2.40. The van der Waals surface area contributed by atoms with Crippen LogP contribution in [0.4, 0.5) is 5.69 Å². The van der Waals surface area contributed by atoms with Crippen molar-refractivity contribution in [3.05, 3.63) is 28.2 Å². The Balaban J connectivity index is 2.23. The lowest BCUT2D eigenvalue weighted by Crippen LogP contribution is -2.10. The minimum absolute atomic E-state index is 0.764.